The molecule has 112 valence electrons. The number of hydrogen-bond acceptors (Lipinski definition) is 3. The van der Waals surface area contributed by atoms with Crippen LogP contribution in [0.25, 0.3) is 0 Å². The van der Waals surface area contributed by atoms with E-state index in [2.05, 4.69) is 55.9 Å². The Kier molecular flexibility index (Phi) is 5.19. The standard InChI is InChI=1S/C17H29N3/c1-13-5-6-14(2)16(11-13)17(18)12-20-9-7-15(8-10-20)19(3)4/h5-6,11,15,17H,7-10,12,18H2,1-4H3. The van der Waals surface area contributed by atoms with Crippen molar-refractivity contribution in [2.24, 2.45) is 5.73 Å². The van der Waals surface area contributed by atoms with Crippen LogP contribution in [0.3, 0.4) is 0 Å². The van der Waals surface area contributed by atoms with Crippen molar-refractivity contribution < 1.29 is 0 Å². The summed E-state index contributed by atoms with van der Waals surface area (Å²) in [6.45, 7) is 7.61. The Morgan fingerprint density at radius 1 is 1.25 bits per heavy atom. The maximum atomic E-state index is 6.44. The lowest BCUT2D eigenvalue weighted by Crippen LogP contribution is -2.44. The molecule has 1 saturated heterocycles. The largest absolute Gasteiger partial charge is 0.323 e. The molecule has 0 amide bonds. The summed E-state index contributed by atoms with van der Waals surface area (Å²) >= 11 is 0. The minimum absolute atomic E-state index is 0.130. The van der Waals surface area contributed by atoms with Crippen LogP contribution >= 0.6 is 0 Å². The van der Waals surface area contributed by atoms with Crippen molar-refractivity contribution in [3.8, 4) is 0 Å². The third-order valence-electron chi connectivity index (χ3n) is 4.58. The molecule has 1 aromatic carbocycles. The van der Waals surface area contributed by atoms with E-state index in [4.69, 9.17) is 5.73 Å². The van der Waals surface area contributed by atoms with E-state index in [0.717, 1.165) is 12.6 Å². The Labute approximate surface area is 123 Å². The lowest BCUT2D eigenvalue weighted by molar-refractivity contribution is 0.139. The van der Waals surface area contributed by atoms with Crippen LogP contribution in [-0.4, -0.2) is 49.6 Å². The molecule has 3 heteroatoms. The molecule has 1 aliphatic rings. The first-order valence-electron chi connectivity index (χ1n) is 7.69. The van der Waals surface area contributed by atoms with Gasteiger partial charge >= 0.3 is 0 Å². The highest BCUT2D eigenvalue weighted by atomic mass is 15.2. The molecule has 2 rings (SSSR count). The Morgan fingerprint density at radius 2 is 1.90 bits per heavy atom. The molecule has 0 aliphatic carbocycles. The van der Waals surface area contributed by atoms with Gasteiger partial charge in [0, 0.05) is 18.6 Å². The Morgan fingerprint density at radius 3 is 2.50 bits per heavy atom. The van der Waals surface area contributed by atoms with E-state index in [1.807, 2.05) is 0 Å². The van der Waals surface area contributed by atoms with Crippen LogP contribution in [0.15, 0.2) is 18.2 Å². The number of nitrogens with zero attached hydrogens (tertiary/aromatic N) is 2. The second-order valence-electron chi connectivity index (χ2n) is 6.46. The van der Waals surface area contributed by atoms with Crippen molar-refractivity contribution in [3.63, 3.8) is 0 Å². The van der Waals surface area contributed by atoms with Gasteiger partial charge in [-0.2, -0.15) is 0 Å². The van der Waals surface area contributed by atoms with E-state index in [1.165, 1.54) is 42.6 Å². The smallest absolute Gasteiger partial charge is 0.0427 e. The van der Waals surface area contributed by atoms with Gasteiger partial charge in [0.1, 0.15) is 0 Å². The number of benzene rings is 1. The van der Waals surface area contributed by atoms with Gasteiger partial charge in [-0.1, -0.05) is 23.8 Å². The molecule has 0 saturated carbocycles. The van der Waals surface area contributed by atoms with Gasteiger partial charge in [0.2, 0.25) is 0 Å². The fraction of sp³-hybridized carbons (Fsp3) is 0.647. The van der Waals surface area contributed by atoms with Gasteiger partial charge in [-0.15, -0.1) is 0 Å². The first-order valence-corrected chi connectivity index (χ1v) is 7.69. The molecule has 1 heterocycles. The Balaban J connectivity index is 1.92. The zero-order valence-corrected chi connectivity index (χ0v) is 13.4. The number of likely N-dealkylation sites (tertiary alicyclic amines) is 1. The molecule has 1 fully saturated rings. The van der Waals surface area contributed by atoms with Gasteiger partial charge in [0.25, 0.3) is 0 Å². The average Bonchev–Trinajstić information content (AvgIpc) is 2.42. The highest BCUT2D eigenvalue weighted by molar-refractivity contribution is 5.33. The molecule has 1 aliphatic heterocycles. The molecule has 1 unspecified atom stereocenters. The fourth-order valence-electron chi connectivity index (χ4n) is 3.15. The van der Waals surface area contributed by atoms with Gasteiger partial charge in [-0.25, -0.2) is 0 Å². The number of aryl methyl sites for hydroxylation is 2. The van der Waals surface area contributed by atoms with Crippen molar-refractivity contribution in [1.29, 1.82) is 0 Å². The summed E-state index contributed by atoms with van der Waals surface area (Å²) in [5, 5.41) is 0. The van der Waals surface area contributed by atoms with Gasteiger partial charge in [-0.3, -0.25) is 0 Å². The molecule has 2 N–H and O–H groups in total. The topological polar surface area (TPSA) is 32.5 Å². The maximum Gasteiger partial charge on any atom is 0.0427 e. The third-order valence-corrected chi connectivity index (χ3v) is 4.58. The Hall–Kier alpha value is -0.900. The first-order chi connectivity index (χ1) is 9.47. The summed E-state index contributed by atoms with van der Waals surface area (Å²) in [6.07, 6.45) is 2.51. The van der Waals surface area contributed by atoms with Crippen LogP contribution in [-0.2, 0) is 0 Å². The SMILES string of the molecule is Cc1ccc(C)c(C(N)CN2CCC(N(C)C)CC2)c1. The lowest BCUT2D eigenvalue weighted by atomic mass is 9.97. The number of hydrogen-bond donors (Lipinski definition) is 1. The molecule has 3 nitrogen and oxygen atoms in total. The zero-order valence-electron chi connectivity index (χ0n) is 13.4. The van der Waals surface area contributed by atoms with Crippen molar-refractivity contribution in [2.75, 3.05) is 33.7 Å². The van der Waals surface area contributed by atoms with Crippen LogP contribution in [0.2, 0.25) is 0 Å². The summed E-state index contributed by atoms with van der Waals surface area (Å²) in [5.41, 5.74) is 10.4. The van der Waals surface area contributed by atoms with Crippen molar-refractivity contribution in [3.05, 3.63) is 34.9 Å². The Bertz CT molecular complexity index is 434. The van der Waals surface area contributed by atoms with Crippen LogP contribution in [0, 0.1) is 13.8 Å². The quantitative estimate of drug-likeness (QED) is 0.915. The summed E-state index contributed by atoms with van der Waals surface area (Å²) < 4.78 is 0. The van der Waals surface area contributed by atoms with Gasteiger partial charge in [-0.05, 0) is 65.0 Å². The molecule has 0 radical (unpaired) electrons. The molecule has 0 aromatic heterocycles. The van der Waals surface area contributed by atoms with E-state index in [9.17, 15) is 0 Å². The van der Waals surface area contributed by atoms with E-state index >= 15 is 0 Å². The normalized spacial score (nSPS) is 19.5. The molecular weight excluding hydrogens is 246 g/mol. The number of piperidine rings is 1. The maximum absolute atomic E-state index is 6.44. The second-order valence-corrected chi connectivity index (χ2v) is 6.46. The summed E-state index contributed by atoms with van der Waals surface area (Å²) in [4.78, 5) is 4.87. The van der Waals surface area contributed by atoms with Crippen molar-refractivity contribution in [1.82, 2.24) is 9.80 Å². The van der Waals surface area contributed by atoms with Crippen LogP contribution in [0.5, 0.6) is 0 Å². The minimum atomic E-state index is 0.130. The van der Waals surface area contributed by atoms with Gasteiger partial charge < -0.3 is 15.5 Å². The zero-order chi connectivity index (χ0) is 14.7. The van der Waals surface area contributed by atoms with E-state index < -0.39 is 0 Å². The van der Waals surface area contributed by atoms with E-state index in [-0.39, 0.29) is 6.04 Å². The predicted octanol–water partition coefficient (Wildman–Crippen LogP) is 2.33. The number of rotatable bonds is 4. The van der Waals surface area contributed by atoms with Crippen molar-refractivity contribution in [2.45, 2.75) is 38.8 Å². The molecular formula is C17H29N3. The van der Waals surface area contributed by atoms with Crippen LogP contribution in [0.1, 0.15) is 35.6 Å². The van der Waals surface area contributed by atoms with E-state index in [1.54, 1.807) is 0 Å². The minimum Gasteiger partial charge on any atom is -0.323 e. The van der Waals surface area contributed by atoms with Gasteiger partial charge in [0.15, 0.2) is 0 Å². The molecule has 1 atom stereocenters. The van der Waals surface area contributed by atoms with Crippen LogP contribution < -0.4 is 5.73 Å². The average molecular weight is 275 g/mol. The monoisotopic (exact) mass is 275 g/mol. The van der Waals surface area contributed by atoms with Crippen molar-refractivity contribution >= 4 is 0 Å². The van der Waals surface area contributed by atoms with Crippen LogP contribution in [0.4, 0.5) is 0 Å². The predicted molar refractivity (Wildman–Crippen MR) is 86.0 cm³/mol. The summed E-state index contributed by atoms with van der Waals surface area (Å²) in [6, 6.07) is 7.46. The molecule has 20 heavy (non-hydrogen) atoms. The third kappa shape index (κ3) is 3.81. The summed E-state index contributed by atoms with van der Waals surface area (Å²) in [5.74, 6) is 0. The van der Waals surface area contributed by atoms with E-state index in [0.29, 0.717) is 0 Å². The lowest BCUT2D eigenvalue weighted by Gasteiger charge is -2.36. The fourth-order valence-corrected chi connectivity index (χ4v) is 3.15. The van der Waals surface area contributed by atoms with Gasteiger partial charge in [0.05, 0.1) is 0 Å². The second kappa shape index (κ2) is 6.70. The molecule has 0 bridgehead atoms. The number of nitrogens with two attached hydrogens (primary N) is 1. The highest BCUT2D eigenvalue weighted by Crippen LogP contribution is 2.21. The summed E-state index contributed by atoms with van der Waals surface area (Å²) in [7, 11) is 4.37. The molecule has 0 spiro atoms. The molecule has 1 aromatic rings. The highest BCUT2D eigenvalue weighted by Gasteiger charge is 2.22. The first kappa shape index (κ1) is 15.5.